The zero-order chi connectivity index (χ0) is 12.9. The number of thioether (sulfide) groups is 1. The van der Waals surface area contributed by atoms with Crippen molar-refractivity contribution in [2.45, 2.75) is 25.7 Å². The monoisotopic (exact) mass is 278 g/mol. The highest BCUT2D eigenvalue weighted by Crippen LogP contribution is 2.19. The highest BCUT2D eigenvalue weighted by molar-refractivity contribution is 8.23. The fourth-order valence-corrected chi connectivity index (χ4v) is 4.97. The second-order valence-electron chi connectivity index (χ2n) is 5.17. The van der Waals surface area contributed by atoms with Gasteiger partial charge in [-0.2, -0.15) is 0 Å². The van der Waals surface area contributed by atoms with Crippen LogP contribution in [0.3, 0.4) is 0 Å². The topological polar surface area (TPSA) is 0 Å². The van der Waals surface area contributed by atoms with Crippen LogP contribution in [-0.2, 0) is 0 Å². The van der Waals surface area contributed by atoms with Gasteiger partial charge in [-0.3, -0.25) is 0 Å². The summed E-state index contributed by atoms with van der Waals surface area (Å²) in [6.07, 6.45) is 5.32. The highest BCUT2D eigenvalue weighted by atomic mass is 32.2. The summed E-state index contributed by atoms with van der Waals surface area (Å²) in [4.78, 5) is 0. The first-order valence-corrected chi connectivity index (χ1v) is 10.8. The van der Waals surface area contributed by atoms with Crippen LogP contribution < -0.4 is 0 Å². The molecule has 17 heavy (non-hydrogen) atoms. The molecule has 0 aromatic heterocycles. The molecule has 1 aromatic rings. The number of terminal acetylenes is 1. The fraction of sp³-hybridized carbons (Fsp3) is 0.357. The van der Waals surface area contributed by atoms with Gasteiger partial charge in [0.2, 0.25) is 0 Å². The van der Waals surface area contributed by atoms with Gasteiger partial charge in [0.05, 0.1) is 4.20 Å². The van der Waals surface area contributed by atoms with Crippen molar-refractivity contribution in [1.29, 1.82) is 0 Å². The van der Waals surface area contributed by atoms with Gasteiger partial charge in [-0.25, -0.2) is 0 Å². The SMILES string of the molecule is C#Cc1ccc(C(=S)SCC[Si](C)(C)C)cc1. The molecular weight excluding hydrogens is 260 g/mol. The molecule has 3 heteroatoms. The van der Waals surface area contributed by atoms with Crippen molar-refractivity contribution in [2.75, 3.05) is 5.75 Å². The molecule has 0 saturated heterocycles. The van der Waals surface area contributed by atoms with Crippen LogP contribution in [0.15, 0.2) is 24.3 Å². The minimum atomic E-state index is -0.947. The molecule has 0 bridgehead atoms. The molecule has 1 aromatic carbocycles. The first-order chi connectivity index (χ1) is 7.92. The summed E-state index contributed by atoms with van der Waals surface area (Å²) in [5.41, 5.74) is 2.02. The lowest BCUT2D eigenvalue weighted by atomic mass is 10.2. The molecule has 0 nitrogen and oxygen atoms in total. The zero-order valence-corrected chi connectivity index (χ0v) is 13.3. The second kappa shape index (κ2) is 6.39. The average molecular weight is 279 g/mol. The van der Waals surface area contributed by atoms with Gasteiger partial charge in [-0.05, 0) is 29.5 Å². The van der Waals surface area contributed by atoms with Gasteiger partial charge < -0.3 is 0 Å². The number of thiocarbonyl (C=S) groups is 1. The Morgan fingerprint density at radius 1 is 1.29 bits per heavy atom. The Balaban J connectivity index is 2.50. The second-order valence-corrected chi connectivity index (χ2v) is 12.6. The molecule has 0 atom stereocenters. The Bertz CT molecular complexity index is 421. The predicted octanol–water partition coefficient (Wildman–Crippen LogP) is 4.41. The summed E-state index contributed by atoms with van der Waals surface area (Å²) < 4.78 is 0.979. The van der Waals surface area contributed by atoms with E-state index in [1.807, 2.05) is 24.3 Å². The van der Waals surface area contributed by atoms with Crippen LogP contribution in [0.25, 0.3) is 0 Å². The molecular formula is C14H18S2Si. The average Bonchev–Trinajstić information content (AvgIpc) is 2.27. The van der Waals surface area contributed by atoms with E-state index in [1.54, 1.807) is 11.8 Å². The van der Waals surface area contributed by atoms with E-state index in [4.69, 9.17) is 18.6 Å². The van der Waals surface area contributed by atoms with E-state index in [9.17, 15) is 0 Å². The lowest BCUT2D eigenvalue weighted by Gasteiger charge is -2.15. The quantitative estimate of drug-likeness (QED) is 0.454. The third-order valence-electron chi connectivity index (χ3n) is 2.37. The van der Waals surface area contributed by atoms with Crippen molar-refractivity contribution >= 4 is 36.3 Å². The van der Waals surface area contributed by atoms with E-state index >= 15 is 0 Å². The molecule has 0 aliphatic heterocycles. The Morgan fingerprint density at radius 3 is 2.35 bits per heavy atom. The summed E-state index contributed by atoms with van der Waals surface area (Å²) >= 11 is 7.20. The predicted molar refractivity (Wildman–Crippen MR) is 86.7 cm³/mol. The van der Waals surface area contributed by atoms with Crippen molar-refractivity contribution in [3.05, 3.63) is 35.4 Å². The van der Waals surface area contributed by atoms with Gasteiger partial charge in [0.25, 0.3) is 0 Å². The summed E-state index contributed by atoms with van der Waals surface area (Å²) in [5, 5.41) is 0. The molecule has 0 heterocycles. The Morgan fingerprint density at radius 2 is 1.88 bits per heavy atom. The Kier molecular flexibility index (Phi) is 5.45. The van der Waals surface area contributed by atoms with Crippen molar-refractivity contribution < 1.29 is 0 Å². The van der Waals surface area contributed by atoms with Gasteiger partial charge in [0.15, 0.2) is 0 Å². The van der Waals surface area contributed by atoms with Crippen LogP contribution in [0.5, 0.6) is 0 Å². The molecule has 90 valence electrons. The minimum absolute atomic E-state index is 0.906. The molecule has 0 unspecified atom stereocenters. The van der Waals surface area contributed by atoms with E-state index in [0.29, 0.717) is 0 Å². The van der Waals surface area contributed by atoms with E-state index < -0.39 is 8.07 Å². The van der Waals surface area contributed by atoms with Crippen LogP contribution in [0.1, 0.15) is 11.1 Å². The lowest BCUT2D eigenvalue weighted by molar-refractivity contribution is 1.38. The molecule has 0 spiro atoms. The molecule has 1 rings (SSSR count). The van der Waals surface area contributed by atoms with Crippen molar-refractivity contribution in [2.24, 2.45) is 0 Å². The van der Waals surface area contributed by atoms with E-state index in [1.165, 1.54) is 6.04 Å². The van der Waals surface area contributed by atoms with E-state index in [2.05, 4.69) is 25.6 Å². The van der Waals surface area contributed by atoms with Crippen LogP contribution in [0.2, 0.25) is 25.7 Å². The number of hydrogen-bond donors (Lipinski definition) is 0. The summed E-state index contributed by atoms with van der Waals surface area (Å²) in [7, 11) is -0.947. The molecule has 0 fully saturated rings. The van der Waals surface area contributed by atoms with Crippen LogP contribution >= 0.6 is 24.0 Å². The first-order valence-electron chi connectivity index (χ1n) is 5.66. The van der Waals surface area contributed by atoms with E-state index in [-0.39, 0.29) is 0 Å². The summed E-state index contributed by atoms with van der Waals surface area (Å²) in [5.74, 6) is 3.74. The summed E-state index contributed by atoms with van der Waals surface area (Å²) in [6.45, 7) is 7.16. The van der Waals surface area contributed by atoms with Gasteiger partial charge >= 0.3 is 0 Å². The van der Waals surface area contributed by atoms with Crippen molar-refractivity contribution in [3.8, 4) is 12.3 Å². The molecule has 0 aliphatic rings. The Hall–Kier alpha value is -0.563. The Labute approximate surface area is 115 Å². The third-order valence-corrected chi connectivity index (χ3v) is 5.98. The first kappa shape index (κ1) is 14.5. The van der Waals surface area contributed by atoms with Crippen LogP contribution in [-0.4, -0.2) is 18.0 Å². The maximum absolute atomic E-state index is 5.42. The molecule has 0 aliphatic carbocycles. The fourth-order valence-electron chi connectivity index (χ4n) is 1.24. The van der Waals surface area contributed by atoms with Gasteiger partial charge in [0, 0.05) is 13.6 Å². The van der Waals surface area contributed by atoms with Gasteiger partial charge in [-0.1, -0.05) is 49.9 Å². The maximum atomic E-state index is 5.42. The molecule has 0 amide bonds. The molecule has 0 radical (unpaired) electrons. The number of hydrogen-bond acceptors (Lipinski definition) is 2. The third kappa shape index (κ3) is 5.54. The summed E-state index contributed by atoms with van der Waals surface area (Å²) in [6, 6.07) is 9.22. The maximum Gasteiger partial charge on any atom is 0.0778 e. The van der Waals surface area contributed by atoms with Crippen LogP contribution in [0, 0.1) is 12.3 Å². The van der Waals surface area contributed by atoms with Gasteiger partial charge in [0.1, 0.15) is 0 Å². The smallest absolute Gasteiger partial charge is 0.0778 e. The van der Waals surface area contributed by atoms with Crippen molar-refractivity contribution in [1.82, 2.24) is 0 Å². The van der Waals surface area contributed by atoms with Crippen LogP contribution in [0.4, 0.5) is 0 Å². The minimum Gasteiger partial charge on any atom is -0.115 e. The highest BCUT2D eigenvalue weighted by Gasteiger charge is 2.13. The number of benzene rings is 1. The normalized spacial score (nSPS) is 10.9. The molecule has 0 N–H and O–H groups in total. The van der Waals surface area contributed by atoms with Crippen molar-refractivity contribution in [3.63, 3.8) is 0 Å². The lowest BCUT2D eigenvalue weighted by Crippen LogP contribution is -2.20. The largest absolute Gasteiger partial charge is 0.115 e. The molecule has 0 saturated carbocycles. The zero-order valence-electron chi connectivity index (χ0n) is 10.6. The standard InChI is InChI=1S/C14H18S2Si/c1-5-12-6-8-13(9-7-12)14(15)16-10-11-17(2,3)4/h1,6-9H,10-11H2,2-4H3. The van der Waals surface area contributed by atoms with Gasteiger partial charge in [-0.15, -0.1) is 18.2 Å². The van der Waals surface area contributed by atoms with E-state index in [0.717, 1.165) is 21.1 Å². The number of rotatable bonds is 4.